The Balaban J connectivity index is 1.42. The molecule has 0 atom stereocenters. The number of aromatic nitrogens is 1. The van der Waals surface area contributed by atoms with Gasteiger partial charge < -0.3 is 15.0 Å². The number of hydrogen-bond acceptors (Lipinski definition) is 3. The highest BCUT2D eigenvalue weighted by molar-refractivity contribution is 5.40. The van der Waals surface area contributed by atoms with Gasteiger partial charge >= 0.3 is 0 Å². The highest BCUT2D eigenvalue weighted by atomic mass is 16.5. The van der Waals surface area contributed by atoms with E-state index in [9.17, 15) is 4.79 Å². The zero-order valence-electron chi connectivity index (χ0n) is 13.9. The zero-order valence-corrected chi connectivity index (χ0v) is 13.9. The number of nitrogens with two attached hydrogens (primary N) is 1. The van der Waals surface area contributed by atoms with Crippen LogP contribution in [0.4, 0.5) is 5.69 Å². The van der Waals surface area contributed by atoms with Gasteiger partial charge in [-0.2, -0.15) is 0 Å². The molecule has 1 heterocycles. The maximum Gasteiger partial charge on any atom is 0.273 e. The molecule has 1 aromatic carbocycles. The largest absolute Gasteiger partial charge is 0.394 e. The first-order valence-electron chi connectivity index (χ1n) is 8.77. The van der Waals surface area contributed by atoms with E-state index in [4.69, 9.17) is 10.5 Å². The van der Waals surface area contributed by atoms with E-state index in [0.29, 0.717) is 31.4 Å². The molecule has 2 aromatic rings. The van der Waals surface area contributed by atoms with Crippen molar-refractivity contribution in [3.63, 3.8) is 0 Å². The second-order valence-corrected chi connectivity index (χ2v) is 7.41. The molecule has 0 amide bonds. The molecule has 0 spiro atoms. The molecule has 2 aliphatic rings. The fraction of sp³-hybridized carbons (Fsp3) is 0.450. The first-order valence-corrected chi connectivity index (χ1v) is 8.77. The van der Waals surface area contributed by atoms with Crippen LogP contribution in [-0.2, 0) is 17.9 Å². The minimum absolute atomic E-state index is 0.0614. The quantitative estimate of drug-likeness (QED) is 0.850. The topological polar surface area (TPSA) is 57.2 Å². The Morgan fingerprint density at radius 3 is 2.62 bits per heavy atom. The normalized spacial score (nSPS) is 18.5. The van der Waals surface area contributed by atoms with E-state index < -0.39 is 0 Å². The first kappa shape index (κ1) is 15.5. The summed E-state index contributed by atoms with van der Waals surface area (Å²) in [6.45, 7) is 2.04. The third kappa shape index (κ3) is 3.39. The average Bonchev–Trinajstić information content (AvgIpc) is 3.48. The van der Waals surface area contributed by atoms with E-state index in [0.717, 1.165) is 12.8 Å². The molecule has 4 nitrogen and oxygen atoms in total. The highest BCUT2D eigenvalue weighted by Crippen LogP contribution is 2.47. The number of hydrogen-bond donors (Lipinski definition) is 1. The third-order valence-corrected chi connectivity index (χ3v) is 5.17. The van der Waals surface area contributed by atoms with Gasteiger partial charge in [0.25, 0.3) is 5.56 Å². The van der Waals surface area contributed by atoms with Gasteiger partial charge in [-0.1, -0.05) is 30.3 Å². The van der Waals surface area contributed by atoms with Crippen LogP contribution in [0.2, 0.25) is 0 Å². The fourth-order valence-electron chi connectivity index (χ4n) is 3.29. The molecule has 126 valence electrons. The lowest BCUT2D eigenvalue weighted by atomic mass is 10.1. The lowest BCUT2D eigenvalue weighted by Gasteiger charge is -2.18. The van der Waals surface area contributed by atoms with Gasteiger partial charge in [-0.15, -0.1) is 0 Å². The van der Waals surface area contributed by atoms with E-state index in [-0.39, 0.29) is 11.0 Å². The summed E-state index contributed by atoms with van der Waals surface area (Å²) >= 11 is 0. The second-order valence-electron chi connectivity index (χ2n) is 7.41. The van der Waals surface area contributed by atoms with Gasteiger partial charge in [0.05, 0.1) is 18.9 Å². The average molecular weight is 324 g/mol. The van der Waals surface area contributed by atoms with Crippen molar-refractivity contribution in [3.05, 3.63) is 64.1 Å². The third-order valence-electron chi connectivity index (χ3n) is 5.17. The SMILES string of the molecule is Nc1cc(C2CC2)cn(CC2(COCc3ccccc3)CC2)c1=O. The van der Waals surface area contributed by atoms with Crippen LogP contribution in [-0.4, -0.2) is 11.2 Å². The fourth-order valence-corrected chi connectivity index (χ4v) is 3.29. The van der Waals surface area contributed by atoms with Gasteiger partial charge in [-0.3, -0.25) is 4.79 Å². The molecule has 4 rings (SSSR count). The summed E-state index contributed by atoms with van der Waals surface area (Å²) in [5.41, 5.74) is 8.76. The van der Waals surface area contributed by atoms with Crippen molar-refractivity contribution in [3.8, 4) is 0 Å². The summed E-state index contributed by atoms with van der Waals surface area (Å²) in [4.78, 5) is 12.4. The molecular weight excluding hydrogens is 300 g/mol. The van der Waals surface area contributed by atoms with Crippen molar-refractivity contribution in [1.29, 1.82) is 0 Å². The van der Waals surface area contributed by atoms with Gasteiger partial charge in [-0.25, -0.2) is 0 Å². The molecular formula is C20H24N2O2. The van der Waals surface area contributed by atoms with Crippen LogP contribution >= 0.6 is 0 Å². The summed E-state index contributed by atoms with van der Waals surface area (Å²) < 4.78 is 7.75. The Hall–Kier alpha value is -2.07. The zero-order chi connectivity index (χ0) is 16.6. The standard InChI is InChI=1S/C20H24N2O2/c21-18-10-17(16-6-7-16)11-22(19(18)23)13-20(8-9-20)14-24-12-15-4-2-1-3-5-15/h1-5,10-11,16H,6-9,12-14,21H2. The summed E-state index contributed by atoms with van der Waals surface area (Å²) in [5, 5.41) is 0. The number of benzene rings is 1. The van der Waals surface area contributed by atoms with E-state index in [2.05, 4.69) is 12.1 Å². The molecule has 0 bridgehead atoms. The summed E-state index contributed by atoms with van der Waals surface area (Å²) in [7, 11) is 0. The van der Waals surface area contributed by atoms with Crippen LogP contribution in [0.3, 0.4) is 0 Å². The van der Waals surface area contributed by atoms with Crippen LogP contribution in [0, 0.1) is 5.41 Å². The smallest absolute Gasteiger partial charge is 0.273 e. The Labute approximate surface area is 142 Å². The van der Waals surface area contributed by atoms with E-state index in [1.54, 1.807) is 0 Å². The number of nitrogens with zero attached hydrogens (tertiary/aromatic N) is 1. The summed E-state index contributed by atoms with van der Waals surface area (Å²) in [6, 6.07) is 12.1. The molecule has 0 saturated heterocycles. The van der Waals surface area contributed by atoms with Crippen LogP contribution in [0.5, 0.6) is 0 Å². The van der Waals surface area contributed by atoms with Gasteiger partial charge in [0.15, 0.2) is 0 Å². The lowest BCUT2D eigenvalue weighted by Crippen LogP contribution is -2.28. The molecule has 2 saturated carbocycles. The lowest BCUT2D eigenvalue weighted by molar-refractivity contribution is 0.0710. The maximum absolute atomic E-state index is 12.4. The summed E-state index contributed by atoms with van der Waals surface area (Å²) in [5.74, 6) is 0.601. The van der Waals surface area contributed by atoms with Crippen molar-refractivity contribution in [1.82, 2.24) is 4.57 Å². The van der Waals surface area contributed by atoms with Crippen LogP contribution < -0.4 is 11.3 Å². The molecule has 24 heavy (non-hydrogen) atoms. The van der Waals surface area contributed by atoms with Gasteiger partial charge in [-0.05, 0) is 48.8 Å². The molecule has 1 aromatic heterocycles. The molecule has 0 unspecified atom stereocenters. The Morgan fingerprint density at radius 1 is 1.21 bits per heavy atom. The molecule has 0 aliphatic heterocycles. The number of anilines is 1. The molecule has 0 radical (unpaired) electrons. The Morgan fingerprint density at radius 2 is 1.96 bits per heavy atom. The van der Waals surface area contributed by atoms with Crippen LogP contribution in [0.1, 0.15) is 42.7 Å². The maximum atomic E-state index is 12.4. The minimum atomic E-state index is -0.0614. The van der Waals surface area contributed by atoms with Crippen LogP contribution in [0.15, 0.2) is 47.4 Å². The molecule has 4 heteroatoms. The predicted molar refractivity (Wildman–Crippen MR) is 94.9 cm³/mol. The Kier molecular flexibility index (Phi) is 3.93. The summed E-state index contributed by atoms with van der Waals surface area (Å²) in [6.07, 6.45) is 6.67. The van der Waals surface area contributed by atoms with Crippen molar-refractivity contribution < 1.29 is 4.74 Å². The number of rotatable bonds is 7. The molecule has 2 fully saturated rings. The van der Waals surface area contributed by atoms with E-state index >= 15 is 0 Å². The van der Waals surface area contributed by atoms with Crippen molar-refractivity contribution in [2.45, 2.75) is 44.8 Å². The number of pyridine rings is 1. The Bertz CT molecular complexity index is 774. The second kappa shape index (κ2) is 6.10. The molecule has 2 aliphatic carbocycles. The van der Waals surface area contributed by atoms with Gasteiger partial charge in [0.1, 0.15) is 0 Å². The number of ether oxygens (including phenoxy) is 1. The minimum Gasteiger partial charge on any atom is -0.394 e. The van der Waals surface area contributed by atoms with Gasteiger partial charge in [0.2, 0.25) is 0 Å². The van der Waals surface area contributed by atoms with Crippen LogP contribution in [0.25, 0.3) is 0 Å². The van der Waals surface area contributed by atoms with Gasteiger partial charge in [0, 0.05) is 18.2 Å². The van der Waals surface area contributed by atoms with Crippen molar-refractivity contribution in [2.75, 3.05) is 12.3 Å². The monoisotopic (exact) mass is 324 g/mol. The number of nitrogen functional groups attached to an aromatic ring is 1. The van der Waals surface area contributed by atoms with Crippen molar-refractivity contribution >= 4 is 5.69 Å². The van der Waals surface area contributed by atoms with E-state index in [1.807, 2.05) is 35.0 Å². The first-order chi connectivity index (χ1) is 11.7. The molecule has 2 N–H and O–H groups in total. The van der Waals surface area contributed by atoms with Crippen molar-refractivity contribution in [2.24, 2.45) is 5.41 Å². The highest BCUT2D eigenvalue weighted by Gasteiger charge is 2.43. The van der Waals surface area contributed by atoms with E-state index in [1.165, 1.54) is 24.0 Å². The predicted octanol–water partition coefficient (Wildman–Crippen LogP) is 3.30.